The van der Waals surface area contributed by atoms with Crippen molar-refractivity contribution in [2.75, 3.05) is 12.0 Å². The monoisotopic (exact) mass is 373 g/mol. The first kappa shape index (κ1) is 13.3. The Balaban J connectivity index is 2.25. The van der Waals surface area contributed by atoms with E-state index in [4.69, 9.17) is 9.63 Å². The highest BCUT2D eigenvalue weighted by molar-refractivity contribution is 9.10. The number of anilines is 1. The Kier molecular flexibility index (Phi) is 4.51. The van der Waals surface area contributed by atoms with Gasteiger partial charge in [0.25, 0.3) is 0 Å². The van der Waals surface area contributed by atoms with Crippen molar-refractivity contribution >= 4 is 43.4 Å². The number of amidine groups is 1. The summed E-state index contributed by atoms with van der Waals surface area (Å²) in [5, 5.41) is 15.7. The second kappa shape index (κ2) is 6.12. The number of aliphatic imine (C=N–C) groups is 1. The molecular weight excluding hydrogens is 366 g/mol. The van der Waals surface area contributed by atoms with Crippen molar-refractivity contribution in [3.63, 3.8) is 0 Å². The van der Waals surface area contributed by atoms with Crippen molar-refractivity contribution in [3.05, 3.63) is 45.2 Å². The van der Waals surface area contributed by atoms with Crippen LogP contribution in [0.5, 0.6) is 0 Å². The minimum Gasteiger partial charge on any atom is -0.374 e. The van der Waals surface area contributed by atoms with Gasteiger partial charge in [-0.3, -0.25) is 0 Å². The maximum atomic E-state index is 8.93. The van der Waals surface area contributed by atoms with Gasteiger partial charge in [0.1, 0.15) is 11.3 Å². The molecule has 1 heterocycles. The van der Waals surface area contributed by atoms with Gasteiger partial charge in [-0.15, -0.1) is 0 Å². The number of rotatable bonds is 3. The second-order valence-electron chi connectivity index (χ2n) is 3.30. The van der Waals surface area contributed by atoms with E-state index in [9.17, 15) is 0 Å². The fourth-order valence-electron chi connectivity index (χ4n) is 1.32. The molecule has 94 valence electrons. The van der Waals surface area contributed by atoms with Crippen molar-refractivity contribution in [3.8, 4) is 0 Å². The van der Waals surface area contributed by atoms with Crippen LogP contribution in [0.2, 0.25) is 0 Å². The van der Waals surface area contributed by atoms with Crippen molar-refractivity contribution in [1.29, 1.82) is 0 Å². The molecule has 0 amide bonds. The molecule has 0 atom stereocenters. The van der Waals surface area contributed by atoms with E-state index >= 15 is 0 Å². The molecule has 18 heavy (non-hydrogen) atoms. The largest absolute Gasteiger partial charge is 0.374 e. The van der Waals surface area contributed by atoms with Crippen LogP contribution in [0.25, 0.3) is 0 Å². The summed E-state index contributed by atoms with van der Waals surface area (Å²) in [6, 6.07) is 9.24. The number of halogens is 2. The average Bonchev–Trinajstić information content (AvgIpc) is 2.75. The number of aliphatic hydroxyl groups excluding tert-OH is 1. The number of hydrogen-bond donors (Lipinski definition) is 2. The van der Waals surface area contributed by atoms with Crippen molar-refractivity contribution in [1.82, 2.24) is 5.16 Å². The van der Waals surface area contributed by atoms with E-state index in [2.05, 4.69) is 47.3 Å². The summed E-state index contributed by atoms with van der Waals surface area (Å²) < 4.78 is 6.58. The van der Waals surface area contributed by atoms with E-state index in [0.717, 1.165) is 10.2 Å². The van der Waals surface area contributed by atoms with Crippen LogP contribution in [-0.4, -0.2) is 22.8 Å². The lowest BCUT2D eigenvalue weighted by molar-refractivity contribution is 0.308. The SMILES string of the molecule is OC/N=C(\Nc1cccc(Br)c1)c1cc(Br)no1. The van der Waals surface area contributed by atoms with Gasteiger partial charge in [0, 0.05) is 16.2 Å². The lowest BCUT2D eigenvalue weighted by Gasteiger charge is -2.06. The zero-order valence-electron chi connectivity index (χ0n) is 9.10. The van der Waals surface area contributed by atoms with E-state index in [0.29, 0.717) is 16.2 Å². The fourth-order valence-corrected chi connectivity index (χ4v) is 2.00. The van der Waals surface area contributed by atoms with Crippen LogP contribution >= 0.6 is 31.9 Å². The molecule has 1 aromatic carbocycles. The molecule has 0 fully saturated rings. The third-order valence-electron chi connectivity index (χ3n) is 2.03. The van der Waals surface area contributed by atoms with Gasteiger partial charge < -0.3 is 14.9 Å². The molecule has 1 aromatic heterocycles. The molecule has 0 radical (unpaired) electrons. The topological polar surface area (TPSA) is 70.7 Å². The van der Waals surface area contributed by atoms with Crippen molar-refractivity contribution < 1.29 is 9.63 Å². The van der Waals surface area contributed by atoms with Crippen molar-refractivity contribution in [2.45, 2.75) is 0 Å². The molecule has 0 bridgehead atoms. The van der Waals surface area contributed by atoms with E-state index < -0.39 is 0 Å². The van der Waals surface area contributed by atoms with Crippen LogP contribution in [0, 0.1) is 0 Å². The van der Waals surface area contributed by atoms with Gasteiger partial charge >= 0.3 is 0 Å². The molecule has 0 aliphatic carbocycles. The molecule has 2 rings (SSSR count). The zero-order valence-corrected chi connectivity index (χ0v) is 12.3. The maximum Gasteiger partial charge on any atom is 0.203 e. The number of aromatic nitrogens is 1. The van der Waals surface area contributed by atoms with Crippen molar-refractivity contribution in [2.24, 2.45) is 4.99 Å². The third kappa shape index (κ3) is 3.41. The summed E-state index contributed by atoms with van der Waals surface area (Å²) in [7, 11) is 0. The minimum atomic E-state index is -0.339. The predicted octanol–water partition coefficient (Wildman–Crippen LogP) is 3.01. The van der Waals surface area contributed by atoms with Gasteiger partial charge in [-0.05, 0) is 34.1 Å². The highest BCUT2D eigenvalue weighted by Gasteiger charge is 2.10. The van der Waals surface area contributed by atoms with Crippen LogP contribution in [0.4, 0.5) is 5.69 Å². The number of aliphatic hydroxyl groups is 1. The lowest BCUT2D eigenvalue weighted by Crippen LogP contribution is -2.13. The molecule has 0 unspecified atom stereocenters. The predicted molar refractivity (Wildman–Crippen MR) is 75.6 cm³/mol. The molecule has 5 nitrogen and oxygen atoms in total. The average molecular weight is 375 g/mol. The first-order valence-corrected chi connectivity index (χ1v) is 6.58. The summed E-state index contributed by atoms with van der Waals surface area (Å²) in [6.07, 6.45) is 0. The Hall–Kier alpha value is -1.18. The Labute approximate surface area is 120 Å². The molecule has 0 saturated carbocycles. The molecule has 2 aromatic rings. The maximum absolute atomic E-state index is 8.93. The highest BCUT2D eigenvalue weighted by Crippen LogP contribution is 2.18. The number of hydrogen-bond acceptors (Lipinski definition) is 4. The molecule has 0 spiro atoms. The Bertz CT molecular complexity index is 569. The van der Waals surface area contributed by atoms with E-state index in [1.807, 2.05) is 24.3 Å². The molecule has 0 saturated heterocycles. The van der Waals surface area contributed by atoms with E-state index in [1.165, 1.54) is 0 Å². The summed E-state index contributed by atoms with van der Waals surface area (Å²) in [4.78, 5) is 3.92. The standard InChI is InChI=1S/C11H9Br2N3O2/c12-7-2-1-3-8(4-7)15-11(14-6-17)9-5-10(13)16-18-9/h1-5,17H,6H2,(H,14,15). The van der Waals surface area contributed by atoms with Crippen LogP contribution in [0.3, 0.4) is 0 Å². The minimum absolute atomic E-state index is 0.339. The highest BCUT2D eigenvalue weighted by atomic mass is 79.9. The van der Waals surface area contributed by atoms with Crippen LogP contribution < -0.4 is 5.32 Å². The van der Waals surface area contributed by atoms with Gasteiger partial charge in [0.15, 0.2) is 5.84 Å². The fraction of sp³-hybridized carbons (Fsp3) is 0.0909. The number of nitrogens with zero attached hydrogens (tertiary/aromatic N) is 2. The van der Waals surface area contributed by atoms with Crippen LogP contribution in [0.1, 0.15) is 5.76 Å². The smallest absolute Gasteiger partial charge is 0.203 e. The molecule has 0 aliphatic rings. The number of benzene rings is 1. The third-order valence-corrected chi connectivity index (χ3v) is 2.90. The Morgan fingerprint density at radius 2 is 2.22 bits per heavy atom. The summed E-state index contributed by atoms with van der Waals surface area (Å²) >= 11 is 6.57. The van der Waals surface area contributed by atoms with Gasteiger partial charge in [0.2, 0.25) is 5.76 Å². The first-order valence-electron chi connectivity index (χ1n) is 4.99. The normalized spacial score (nSPS) is 11.6. The van der Waals surface area contributed by atoms with E-state index in [-0.39, 0.29) is 6.73 Å². The van der Waals surface area contributed by atoms with Gasteiger partial charge in [-0.25, -0.2) is 4.99 Å². The molecule has 2 N–H and O–H groups in total. The molecule has 7 heteroatoms. The summed E-state index contributed by atoms with van der Waals surface area (Å²) in [6.45, 7) is -0.339. The van der Waals surface area contributed by atoms with Gasteiger partial charge in [-0.2, -0.15) is 0 Å². The number of nitrogens with one attached hydrogen (secondary N) is 1. The van der Waals surface area contributed by atoms with Gasteiger partial charge in [-0.1, -0.05) is 27.2 Å². The van der Waals surface area contributed by atoms with Gasteiger partial charge in [0.05, 0.1) is 0 Å². The quantitative estimate of drug-likeness (QED) is 0.640. The Morgan fingerprint density at radius 3 is 2.83 bits per heavy atom. The summed E-state index contributed by atoms with van der Waals surface area (Å²) in [5.74, 6) is 0.852. The molecular formula is C11H9Br2N3O2. The van der Waals surface area contributed by atoms with Crippen LogP contribution in [0.15, 0.2) is 48.9 Å². The lowest BCUT2D eigenvalue weighted by atomic mass is 10.3. The first-order chi connectivity index (χ1) is 8.69. The molecule has 0 aliphatic heterocycles. The Morgan fingerprint density at radius 1 is 1.39 bits per heavy atom. The zero-order chi connectivity index (χ0) is 13.0. The second-order valence-corrected chi connectivity index (χ2v) is 5.03. The summed E-state index contributed by atoms with van der Waals surface area (Å²) in [5.41, 5.74) is 0.823. The van der Waals surface area contributed by atoms with Crippen LogP contribution in [-0.2, 0) is 0 Å². The van der Waals surface area contributed by atoms with E-state index in [1.54, 1.807) is 6.07 Å².